The summed E-state index contributed by atoms with van der Waals surface area (Å²) >= 11 is 1.59. The Kier molecular flexibility index (Phi) is 5.58. The minimum absolute atomic E-state index is 0.117. The number of carbonyl (C=O) groups excluding carboxylic acids is 1. The summed E-state index contributed by atoms with van der Waals surface area (Å²) in [6.07, 6.45) is 0. The van der Waals surface area contributed by atoms with Crippen molar-refractivity contribution in [2.24, 2.45) is 0 Å². The molecule has 1 aliphatic heterocycles. The molecular formula is C19H22N2O4S. The van der Waals surface area contributed by atoms with E-state index >= 15 is 0 Å². The predicted octanol–water partition coefficient (Wildman–Crippen LogP) is 3.14. The number of nitrogens with zero attached hydrogens (tertiary/aromatic N) is 2. The lowest BCUT2D eigenvalue weighted by Crippen LogP contribution is -2.37. The number of aryl methyl sites for hydroxylation is 1. The summed E-state index contributed by atoms with van der Waals surface area (Å²) in [5.74, 6) is -1.11. The van der Waals surface area contributed by atoms with Gasteiger partial charge in [-0.25, -0.2) is 4.79 Å². The Bertz CT molecular complexity index is 812. The summed E-state index contributed by atoms with van der Waals surface area (Å²) < 4.78 is 5.34. The van der Waals surface area contributed by atoms with Crippen LogP contribution in [0.2, 0.25) is 0 Å². The Labute approximate surface area is 156 Å². The first-order chi connectivity index (χ1) is 12.5. The van der Waals surface area contributed by atoms with Crippen LogP contribution in [-0.2, 0) is 16.1 Å². The molecule has 1 fully saturated rings. The second-order valence-electron chi connectivity index (χ2n) is 6.24. The van der Waals surface area contributed by atoms with Crippen molar-refractivity contribution in [3.8, 4) is 0 Å². The van der Waals surface area contributed by atoms with Crippen molar-refractivity contribution in [2.45, 2.75) is 20.4 Å². The standard InChI is InChI=1S/C19H22N2O4S/c1-13-5-10-26-18(13)12-21(14(2)22)15-3-4-17(16(11-15)19(23)24)20-6-8-25-9-7-20/h3-5,10-11H,6-9,12H2,1-2H3,(H,23,24). The molecule has 0 spiro atoms. The Morgan fingerprint density at radius 3 is 2.58 bits per heavy atom. The third kappa shape index (κ3) is 3.89. The van der Waals surface area contributed by atoms with Gasteiger partial charge >= 0.3 is 5.97 Å². The highest BCUT2D eigenvalue weighted by Gasteiger charge is 2.22. The maximum atomic E-state index is 12.2. The lowest BCUT2D eigenvalue weighted by atomic mass is 10.1. The minimum atomic E-state index is -0.996. The maximum absolute atomic E-state index is 12.2. The fraction of sp³-hybridized carbons (Fsp3) is 0.368. The molecule has 1 N–H and O–H groups in total. The summed E-state index contributed by atoms with van der Waals surface area (Å²) in [6, 6.07) is 7.23. The smallest absolute Gasteiger partial charge is 0.337 e. The number of carboxylic acids is 1. The number of carboxylic acid groups (broad SMARTS) is 1. The molecule has 0 saturated carbocycles. The number of morpholine rings is 1. The van der Waals surface area contributed by atoms with Crippen LogP contribution in [0.1, 0.15) is 27.7 Å². The molecule has 6 nitrogen and oxygen atoms in total. The first-order valence-electron chi connectivity index (χ1n) is 8.48. The molecule has 1 amide bonds. The van der Waals surface area contributed by atoms with E-state index in [0.29, 0.717) is 44.2 Å². The van der Waals surface area contributed by atoms with Gasteiger partial charge in [0.15, 0.2) is 0 Å². The van der Waals surface area contributed by atoms with Gasteiger partial charge in [-0.1, -0.05) is 0 Å². The van der Waals surface area contributed by atoms with Crippen LogP contribution in [0, 0.1) is 6.92 Å². The quantitative estimate of drug-likeness (QED) is 0.871. The van der Waals surface area contributed by atoms with E-state index in [1.54, 1.807) is 28.4 Å². The van der Waals surface area contributed by atoms with Crippen LogP contribution in [0.15, 0.2) is 29.6 Å². The van der Waals surface area contributed by atoms with Gasteiger partial charge in [0.05, 0.1) is 31.0 Å². The fourth-order valence-electron chi connectivity index (χ4n) is 3.04. The number of thiophene rings is 1. The lowest BCUT2D eigenvalue weighted by Gasteiger charge is -2.31. The zero-order chi connectivity index (χ0) is 18.7. The van der Waals surface area contributed by atoms with Crippen LogP contribution < -0.4 is 9.80 Å². The monoisotopic (exact) mass is 374 g/mol. The maximum Gasteiger partial charge on any atom is 0.337 e. The van der Waals surface area contributed by atoms with E-state index in [9.17, 15) is 14.7 Å². The van der Waals surface area contributed by atoms with E-state index in [1.165, 1.54) is 6.92 Å². The SMILES string of the molecule is CC(=O)N(Cc1sccc1C)c1ccc(N2CCOCC2)c(C(=O)O)c1. The average molecular weight is 374 g/mol. The number of hydrogen-bond donors (Lipinski definition) is 1. The molecule has 0 radical (unpaired) electrons. The number of amides is 1. The zero-order valence-corrected chi connectivity index (χ0v) is 15.7. The summed E-state index contributed by atoms with van der Waals surface area (Å²) in [6.45, 7) is 6.42. The largest absolute Gasteiger partial charge is 0.478 e. The number of benzene rings is 1. The molecule has 0 aliphatic carbocycles. The molecule has 138 valence electrons. The van der Waals surface area contributed by atoms with E-state index in [1.807, 2.05) is 29.3 Å². The second-order valence-corrected chi connectivity index (χ2v) is 7.24. The summed E-state index contributed by atoms with van der Waals surface area (Å²) in [4.78, 5) is 28.8. The third-order valence-electron chi connectivity index (χ3n) is 4.52. The molecular weight excluding hydrogens is 352 g/mol. The number of aromatic carboxylic acids is 1. The molecule has 7 heteroatoms. The van der Waals surface area contributed by atoms with Gasteiger partial charge in [0.25, 0.3) is 0 Å². The Balaban J connectivity index is 1.95. The molecule has 2 heterocycles. The summed E-state index contributed by atoms with van der Waals surface area (Å²) in [5.41, 5.74) is 2.60. The highest BCUT2D eigenvalue weighted by atomic mass is 32.1. The van der Waals surface area contributed by atoms with E-state index in [2.05, 4.69) is 0 Å². The van der Waals surface area contributed by atoms with E-state index < -0.39 is 5.97 Å². The first kappa shape index (κ1) is 18.4. The van der Waals surface area contributed by atoms with Crippen LogP contribution in [0.4, 0.5) is 11.4 Å². The van der Waals surface area contributed by atoms with Crippen LogP contribution >= 0.6 is 11.3 Å². The van der Waals surface area contributed by atoms with Gasteiger partial charge < -0.3 is 19.6 Å². The molecule has 1 aromatic heterocycles. The molecule has 1 aromatic carbocycles. The molecule has 3 rings (SSSR count). The summed E-state index contributed by atoms with van der Waals surface area (Å²) in [5, 5.41) is 11.7. The van der Waals surface area contributed by atoms with Crippen molar-refractivity contribution >= 4 is 34.6 Å². The average Bonchev–Trinajstić information content (AvgIpc) is 3.04. The minimum Gasteiger partial charge on any atom is -0.478 e. The van der Waals surface area contributed by atoms with Crippen LogP contribution in [0.3, 0.4) is 0 Å². The van der Waals surface area contributed by atoms with Crippen molar-refractivity contribution in [2.75, 3.05) is 36.1 Å². The topological polar surface area (TPSA) is 70.1 Å². The number of carbonyl (C=O) groups is 2. The van der Waals surface area contributed by atoms with Crippen LogP contribution in [-0.4, -0.2) is 43.3 Å². The van der Waals surface area contributed by atoms with Gasteiger partial charge in [-0.2, -0.15) is 0 Å². The highest BCUT2D eigenvalue weighted by molar-refractivity contribution is 7.10. The van der Waals surface area contributed by atoms with Gasteiger partial charge in [-0.15, -0.1) is 11.3 Å². The van der Waals surface area contributed by atoms with Gasteiger partial charge in [0.1, 0.15) is 0 Å². The summed E-state index contributed by atoms with van der Waals surface area (Å²) in [7, 11) is 0. The molecule has 0 bridgehead atoms. The van der Waals surface area contributed by atoms with E-state index in [-0.39, 0.29) is 11.5 Å². The van der Waals surface area contributed by atoms with Crippen molar-refractivity contribution in [1.82, 2.24) is 0 Å². The van der Waals surface area contributed by atoms with Gasteiger partial charge in [-0.3, -0.25) is 4.79 Å². The molecule has 1 saturated heterocycles. The Morgan fingerprint density at radius 2 is 2.00 bits per heavy atom. The molecule has 0 unspecified atom stereocenters. The molecule has 26 heavy (non-hydrogen) atoms. The van der Waals surface area contributed by atoms with Crippen molar-refractivity contribution in [3.05, 3.63) is 45.6 Å². The molecule has 1 aliphatic rings. The number of anilines is 2. The molecule has 0 atom stereocenters. The highest BCUT2D eigenvalue weighted by Crippen LogP contribution is 2.29. The van der Waals surface area contributed by atoms with Gasteiger partial charge in [0.2, 0.25) is 5.91 Å². The van der Waals surface area contributed by atoms with Gasteiger partial charge in [-0.05, 0) is 42.1 Å². The first-order valence-corrected chi connectivity index (χ1v) is 9.36. The van der Waals surface area contributed by atoms with E-state index in [4.69, 9.17) is 4.74 Å². The van der Waals surface area contributed by atoms with Crippen LogP contribution in [0.25, 0.3) is 0 Å². The van der Waals surface area contributed by atoms with Gasteiger partial charge in [0, 0.05) is 30.6 Å². The van der Waals surface area contributed by atoms with Crippen molar-refractivity contribution < 1.29 is 19.4 Å². The Hall–Kier alpha value is -2.38. The van der Waals surface area contributed by atoms with Crippen molar-refractivity contribution in [1.29, 1.82) is 0 Å². The Morgan fingerprint density at radius 1 is 1.27 bits per heavy atom. The number of rotatable bonds is 5. The van der Waals surface area contributed by atoms with Crippen LogP contribution in [0.5, 0.6) is 0 Å². The normalized spacial score (nSPS) is 14.3. The fourth-order valence-corrected chi connectivity index (χ4v) is 3.93. The number of hydrogen-bond acceptors (Lipinski definition) is 5. The second kappa shape index (κ2) is 7.88. The van der Waals surface area contributed by atoms with Crippen molar-refractivity contribution in [3.63, 3.8) is 0 Å². The third-order valence-corrected chi connectivity index (χ3v) is 5.53. The lowest BCUT2D eigenvalue weighted by molar-refractivity contribution is -0.116. The zero-order valence-electron chi connectivity index (χ0n) is 14.9. The predicted molar refractivity (Wildman–Crippen MR) is 102 cm³/mol. The number of ether oxygens (including phenoxy) is 1. The van der Waals surface area contributed by atoms with E-state index in [0.717, 1.165) is 10.4 Å². The molecule has 2 aromatic rings.